The first-order chi connectivity index (χ1) is 15.2. The van der Waals surface area contributed by atoms with Gasteiger partial charge in [0.25, 0.3) is 0 Å². The number of carbonyl (C=O) groups is 2. The Bertz CT molecular complexity index is 1370. The van der Waals surface area contributed by atoms with E-state index in [1.165, 1.54) is 6.92 Å². The molecule has 0 bridgehead atoms. The smallest absolute Gasteiger partial charge is 0.228 e. The van der Waals surface area contributed by atoms with Gasteiger partial charge in [0.2, 0.25) is 11.5 Å². The van der Waals surface area contributed by atoms with Crippen LogP contribution in [-0.4, -0.2) is 16.6 Å². The number of benzene rings is 2. The number of ketones is 2. The van der Waals surface area contributed by atoms with Gasteiger partial charge in [-0.3, -0.25) is 9.59 Å². The molecule has 0 N–H and O–H groups in total. The number of Topliss-reactive ketones (excluding diaryl/α,β-unsaturated/α-hetero) is 2. The van der Waals surface area contributed by atoms with Crippen molar-refractivity contribution in [2.24, 2.45) is 5.92 Å². The van der Waals surface area contributed by atoms with Gasteiger partial charge in [0.15, 0.2) is 11.5 Å². The van der Waals surface area contributed by atoms with Gasteiger partial charge in [-0.25, -0.2) is 4.98 Å². The fourth-order valence-corrected chi connectivity index (χ4v) is 4.43. The molecule has 0 saturated carbocycles. The lowest BCUT2D eigenvalue weighted by Crippen LogP contribution is -2.10. The normalized spacial score (nSPS) is 11.3. The molecule has 32 heavy (non-hydrogen) atoms. The number of nitrogens with zero attached hydrogens (tertiary/aromatic N) is 1. The summed E-state index contributed by atoms with van der Waals surface area (Å²) in [6, 6.07) is 14.6. The third-order valence-corrected chi connectivity index (χ3v) is 6.18. The molecule has 4 nitrogen and oxygen atoms in total. The van der Waals surface area contributed by atoms with Crippen LogP contribution >= 0.6 is 39.1 Å². The van der Waals surface area contributed by atoms with E-state index in [1.54, 1.807) is 32.0 Å². The van der Waals surface area contributed by atoms with Crippen molar-refractivity contribution in [1.82, 2.24) is 4.98 Å². The molecular weight excluding hydrogens is 513 g/mol. The van der Waals surface area contributed by atoms with Crippen molar-refractivity contribution in [2.75, 3.05) is 0 Å². The molecule has 162 valence electrons. The Labute approximate surface area is 203 Å². The zero-order chi connectivity index (χ0) is 23.2. The van der Waals surface area contributed by atoms with Crippen molar-refractivity contribution in [3.05, 3.63) is 74.4 Å². The number of hydrogen-bond acceptors (Lipinski definition) is 4. The second kappa shape index (κ2) is 8.81. The molecule has 0 aliphatic heterocycles. The van der Waals surface area contributed by atoms with Crippen molar-refractivity contribution in [3.63, 3.8) is 0 Å². The molecular formula is C25H18BrCl2NO3. The van der Waals surface area contributed by atoms with E-state index in [-0.39, 0.29) is 34.5 Å². The molecule has 0 atom stereocenters. The lowest BCUT2D eigenvalue weighted by atomic mass is 9.95. The Morgan fingerprint density at radius 1 is 1.00 bits per heavy atom. The van der Waals surface area contributed by atoms with E-state index in [9.17, 15) is 9.59 Å². The summed E-state index contributed by atoms with van der Waals surface area (Å²) >= 11 is 16.1. The molecule has 7 heteroatoms. The molecule has 2 aromatic carbocycles. The summed E-state index contributed by atoms with van der Waals surface area (Å²) in [7, 11) is 0. The number of fused-ring (bicyclic) bond motifs is 1. The van der Waals surface area contributed by atoms with E-state index in [0.717, 1.165) is 15.6 Å². The minimum Gasteiger partial charge on any atom is -0.434 e. The summed E-state index contributed by atoms with van der Waals surface area (Å²) in [5.74, 6) is -0.795. The maximum absolute atomic E-state index is 12.8. The van der Waals surface area contributed by atoms with Crippen molar-refractivity contribution >= 4 is 61.8 Å². The lowest BCUT2D eigenvalue weighted by molar-refractivity contribution is 0.0901. The molecule has 0 aliphatic rings. The summed E-state index contributed by atoms with van der Waals surface area (Å²) in [6.07, 6.45) is 0. The average molecular weight is 531 g/mol. The van der Waals surface area contributed by atoms with E-state index in [0.29, 0.717) is 26.7 Å². The highest BCUT2D eigenvalue weighted by molar-refractivity contribution is 9.10. The van der Waals surface area contributed by atoms with Gasteiger partial charge in [-0.15, -0.1) is 0 Å². The van der Waals surface area contributed by atoms with E-state index < -0.39 is 0 Å². The molecule has 4 rings (SSSR count). The number of aromatic nitrogens is 1. The number of rotatable bonds is 5. The fraction of sp³-hybridized carbons (Fsp3) is 0.160. The van der Waals surface area contributed by atoms with Crippen LogP contribution in [0.2, 0.25) is 10.0 Å². The first-order valence-electron chi connectivity index (χ1n) is 9.91. The van der Waals surface area contributed by atoms with Gasteiger partial charge in [0.1, 0.15) is 0 Å². The van der Waals surface area contributed by atoms with Gasteiger partial charge < -0.3 is 4.42 Å². The van der Waals surface area contributed by atoms with Crippen LogP contribution in [0, 0.1) is 5.92 Å². The number of carbonyl (C=O) groups excluding carboxylic acids is 2. The molecule has 4 aromatic rings. The van der Waals surface area contributed by atoms with Gasteiger partial charge >= 0.3 is 0 Å². The van der Waals surface area contributed by atoms with Gasteiger partial charge in [-0.2, -0.15) is 0 Å². The second-order valence-electron chi connectivity index (χ2n) is 7.75. The summed E-state index contributed by atoms with van der Waals surface area (Å²) in [6.45, 7) is 4.95. The third-order valence-electron chi connectivity index (χ3n) is 5.12. The summed E-state index contributed by atoms with van der Waals surface area (Å²) < 4.78 is 6.70. The van der Waals surface area contributed by atoms with E-state index in [1.807, 2.05) is 30.3 Å². The Balaban J connectivity index is 2.09. The van der Waals surface area contributed by atoms with E-state index in [2.05, 4.69) is 15.9 Å². The van der Waals surface area contributed by atoms with Gasteiger partial charge in [-0.1, -0.05) is 71.2 Å². The molecule has 0 unspecified atom stereocenters. The first-order valence-corrected chi connectivity index (χ1v) is 11.5. The van der Waals surface area contributed by atoms with Crippen LogP contribution in [0.4, 0.5) is 0 Å². The number of halogens is 3. The molecule has 2 aromatic heterocycles. The lowest BCUT2D eigenvalue weighted by Gasteiger charge is -2.12. The van der Waals surface area contributed by atoms with Crippen LogP contribution in [0.5, 0.6) is 0 Å². The fourth-order valence-electron chi connectivity index (χ4n) is 3.54. The zero-order valence-electron chi connectivity index (χ0n) is 17.5. The minimum absolute atomic E-state index is 0.0381. The SMILES string of the molecule is CC(=O)c1c(C(=O)C(C)C)oc2nc(-c3ccc(Br)cc3Cl)c(-c3ccc(Cl)cc3)cc12. The van der Waals surface area contributed by atoms with Crippen LogP contribution in [0.15, 0.2) is 57.4 Å². The highest BCUT2D eigenvalue weighted by atomic mass is 79.9. The Kier molecular flexibility index (Phi) is 6.26. The monoisotopic (exact) mass is 529 g/mol. The predicted molar refractivity (Wildman–Crippen MR) is 132 cm³/mol. The van der Waals surface area contributed by atoms with E-state index in [4.69, 9.17) is 32.6 Å². The highest BCUT2D eigenvalue weighted by Gasteiger charge is 2.27. The van der Waals surface area contributed by atoms with Gasteiger partial charge in [0.05, 0.1) is 21.7 Å². The van der Waals surface area contributed by atoms with Crippen LogP contribution in [0.25, 0.3) is 33.5 Å². The molecule has 0 radical (unpaired) electrons. The van der Waals surface area contributed by atoms with Crippen LogP contribution in [-0.2, 0) is 0 Å². The molecule has 0 fully saturated rings. The van der Waals surface area contributed by atoms with Crippen molar-refractivity contribution < 1.29 is 14.0 Å². The molecule has 0 saturated heterocycles. The Hall–Kier alpha value is -2.47. The standard InChI is InChI=1S/C25H18BrCl2NO3/c1-12(2)23(31)24-21(13(3)30)19-11-18(14-4-7-16(27)8-5-14)22(29-25(19)32-24)17-9-6-15(26)10-20(17)28/h4-12H,1-3H3. The maximum atomic E-state index is 12.8. The second-order valence-corrected chi connectivity index (χ2v) is 9.51. The molecule has 0 amide bonds. The summed E-state index contributed by atoms with van der Waals surface area (Å²) in [5, 5.41) is 1.59. The summed E-state index contributed by atoms with van der Waals surface area (Å²) in [4.78, 5) is 30.0. The van der Waals surface area contributed by atoms with Crippen molar-refractivity contribution in [2.45, 2.75) is 20.8 Å². The highest BCUT2D eigenvalue weighted by Crippen LogP contribution is 2.40. The largest absolute Gasteiger partial charge is 0.434 e. The quantitative estimate of drug-likeness (QED) is 0.243. The molecule has 0 aliphatic carbocycles. The maximum Gasteiger partial charge on any atom is 0.228 e. The zero-order valence-corrected chi connectivity index (χ0v) is 20.6. The van der Waals surface area contributed by atoms with E-state index >= 15 is 0 Å². The van der Waals surface area contributed by atoms with Crippen LogP contribution in [0.1, 0.15) is 41.7 Å². The minimum atomic E-state index is -0.329. The van der Waals surface area contributed by atoms with Crippen molar-refractivity contribution in [1.29, 1.82) is 0 Å². The van der Waals surface area contributed by atoms with Gasteiger partial charge in [0, 0.05) is 26.5 Å². The Morgan fingerprint density at radius 2 is 1.69 bits per heavy atom. The molecule has 2 heterocycles. The third kappa shape index (κ3) is 4.13. The van der Waals surface area contributed by atoms with Crippen molar-refractivity contribution in [3.8, 4) is 22.4 Å². The number of furan rings is 1. The van der Waals surface area contributed by atoms with Gasteiger partial charge in [-0.05, 0) is 42.8 Å². The first kappa shape index (κ1) is 22.7. The van der Waals surface area contributed by atoms with Crippen LogP contribution < -0.4 is 0 Å². The molecule has 0 spiro atoms. The summed E-state index contributed by atoms with van der Waals surface area (Å²) in [5.41, 5.74) is 3.31. The van der Waals surface area contributed by atoms with Crippen LogP contribution in [0.3, 0.4) is 0 Å². The average Bonchev–Trinajstić information content (AvgIpc) is 3.11. The number of pyridine rings is 1. The number of hydrogen-bond donors (Lipinski definition) is 0. The topological polar surface area (TPSA) is 60.2 Å². The Morgan fingerprint density at radius 3 is 2.28 bits per heavy atom. The predicted octanol–water partition coefficient (Wildman–Crippen LogP) is 8.27.